The van der Waals surface area contributed by atoms with E-state index in [9.17, 15) is 13.2 Å². The number of carbonyl (C=O) groups excluding carboxylic acids is 1. The highest BCUT2D eigenvalue weighted by atomic mass is 35.5. The molecule has 1 saturated heterocycles. The van der Waals surface area contributed by atoms with E-state index in [0.717, 1.165) is 23.6 Å². The van der Waals surface area contributed by atoms with Crippen LogP contribution in [0.2, 0.25) is 0 Å². The Balaban J connectivity index is 0.00000264. The van der Waals surface area contributed by atoms with Gasteiger partial charge < -0.3 is 10.6 Å². The summed E-state index contributed by atoms with van der Waals surface area (Å²) >= 11 is 1.87. The van der Waals surface area contributed by atoms with Gasteiger partial charge in [0.15, 0.2) is 0 Å². The van der Waals surface area contributed by atoms with Gasteiger partial charge in [-0.25, -0.2) is 13.6 Å². The Morgan fingerprint density at radius 3 is 2.61 bits per heavy atom. The van der Waals surface area contributed by atoms with Crippen molar-refractivity contribution in [2.75, 3.05) is 24.6 Å². The number of sulfonamides is 1. The molecular weight excluding hydrogens is 358 g/mol. The van der Waals surface area contributed by atoms with Crippen molar-refractivity contribution in [1.29, 1.82) is 0 Å². The van der Waals surface area contributed by atoms with Crippen LogP contribution in [0.5, 0.6) is 0 Å². The molecule has 0 bridgehead atoms. The quantitative estimate of drug-likeness (QED) is 0.668. The molecule has 1 amide bonds. The molecule has 0 saturated carbocycles. The number of nitrogens with one attached hydrogen (secondary N) is 2. The first kappa shape index (κ1) is 20.2. The topological polar surface area (TPSA) is 101 Å². The van der Waals surface area contributed by atoms with E-state index in [1.807, 2.05) is 11.8 Å². The molecule has 6 nitrogen and oxygen atoms in total. The van der Waals surface area contributed by atoms with Gasteiger partial charge in [0.1, 0.15) is 0 Å². The van der Waals surface area contributed by atoms with Crippen molar-refractivity contribution < 1.29 is 13.2 Å². The fourth-order valence-electron chi connectivity index (χ4n) is 2.24. The lowest BCUT2D eigenvalue weighted by molar-refractivity contribution is -0.121. The van der Waals surface area contributed by atoms with E-state index in [1.54, 1.807) is 12.1 Å². The molecule has 1 heterocycles. The fraction of sp³-hybridized carbons (Fsp3) is 0.500. The van der Waals surface area contributed by atoms with Crippen LogP contribution >= 0.6 is 24.2 Å². The summed E-state index contributed by atoms with van der Waals surface area (Å²) in [6, 6.07) is 6.65. The molecule has 4 N–H and O–H groups in total. The molecule has 2 rings (SSSR count). The zero-order valence-electron chi connectivity index (χ0n) is 12.7. The third-order valence-corrected chi connectivity index (χ3v) is 5.48. The van der Waals surface area contributed by atoms with E-state index >= 15 is 0 Å². The van der Waals surface area contributed by atoms with Crippen molar-refractivity contribution in [3.63, 3.8) is 0 Å². The minimum atomic E-state index is -3.65. The van der Waals surface area contributed by atoms with Gasteiger partial charge in [-0.05, 0) is 24.1 Å². The number of nitrogens with two attached hydrogens (primary N) is 1. The van der Waals surface area contributed by atoms with Gasteiger partial charge in [0.05, 0.1) is 4.90 Å². The van der Waals surface area contributed by atoms with Gasteiger partial charge in [-0.3, -0.25) is 4.79 Å². The second-order valence-corrected chi connectivity index (χ2v) is 7.93. The average molecular weight is 380 g/mol. The number of amides is 1. The Morgan fingerprint density at radius 1 is 1.35 bits per heavy atom. The van der Waals surface area contributed by atoms with Gasteiger partial charge in [-0.1, -0.05) is 12.1 Å². The van der Waals surface area contributed by atoms with Crippen LogP contribution in [0, 0.1) is 0 Å². The summed E-state index contributed by atoms with van der Waals surface area (Å²) in [6.07, 6.45) is 1.15. The highest BCUT2D eigenvalue weighted by Gasteiger charge is 2.16. The Hall–Kier alpha value is -0.800. The zero-order valence-corrected chi connectivity index (χ0v) is 15.1. The van der Waals surface area contributed by atoms with Gasteiger partial charge in [0.2, 0.25) is 15.9 Å². The molecule has 23 heavy (non-hydrogen) atoms. The Labute approximate surface area is 147 Å². The second kappa shape index (κ2) is 9.48. The monoisotopic (exact) mass is 379 g/mol. The molecule has 0 aromatic heterocycles. The zero-order chi connectivity index (χ0) is 16.0. The first-order valence-electron chi connectivity index (χ1n) is 7.15. The van der Waals surface area contributed by atoms with E-state index in [1.165, 1.54) is 12.1 Å². The molecular formula is C14H22ClN3O3S2. The molecule has 0 spiro atoms. The lowest BCUT2D eigenvalue weighted by Crippen LogP contribution is -2.41. The molecule has 9 heteroatoms. The second-order valence-electron chi connectivity index (χ2n) is 5.22. The van der Waals surface area contributed by atoms with Crippen LogP contribution in [0.4, 0.5) is 0 Å². The van der Waals surface area contributed by atoms with E-state index in [0.29, 0.717) is 19.4 Å². The highest BCUT2D eigenvalue weighted by molar-refractivity contribution is 7.99. The standard InChI is InChI=1S/C14H21N3O3S2.ClH/c15-22(19,20)13-3-1-11(2-4-13)5-6-17-14(18)9-12-10-21-8-7-16-12;/h1-4,12,16H,5-10H2,(H,17,18)(H2,15,19,20);1H. The van der Waals surface area contributed by atoms with Crippen molar-refractivity contribution in [1.82, 2.24) is 10.6 Å². The molecule has 1 unspecified atom stereocenters. The third kappa shape index (κ3) is 7.09. The normalized spacial score (nSPS) is 18.0. The number of hydrogen-bond donors (Lipinski definition) is 3. The van der Waals surface area contributed by atoms with Crippen molar-refractivity contribution in [3.05, 3.63) is 29.8 Å². The van der Waals surface area contributed by atoms with Crippen molar-refractivity contribution in [3.8, 4) is 0 Å². The molecule has 1 aromatic rings. The lowest BCUT2D eigenvalue weighted by atomic mass is 10.1. The number of thioether (sulfide) groups is 1. The molecule has 1 aliphatic heterocycles. The number of halogens is 1. The van der Waals surface area contributed by atoms with E-state index in [4.69, 9.17) is 5.14 Å². The molecule has 130 valence electrons. The fourth-order valence-corrected chi connectivity index (χ4v) is 3.70. The van der Waals surface area contributed by atoms with Gasteiger partial charge >= 0.3 is 0 Å². The van der Waals surface area contributed by atoms with Gasteiger partial charge in [-0.2, -0.15) is 11.8 Å². The number of rotatable bonds is 6. The van der Waals surface area contributed by atoms with Crippen molar-refractivity contribution in [2.24, 2.45) is 5.14 Å². The molecule has 1 aromatic carbocycles. The SMILES string of the molecule is Cl.NS(=O)(=O)c1ccc(CCNC(=O)CC2CSCCN2)cc1. The summed E-state index contributed by atoms with van der Waals surface area (Å²) in [4.78, 5) is 11.9. The Bertz CT molecular complexity index is 602. The summed E-state index contributed by atoms with van der Waals surface area (Å²) < 4.78 is 22.3. The summed E-state index contributed by atoms with van der Waals surface area (Å²) in [7, 11) is -3.65. The maximum Gasteiger partial charge on any atom is 0.238 e. The van der Waals surface area contributed by atoms with Crippen molar-refractivity contribution in [2.45, 2.75) is 23.8 Å². The van der Waals surface area contributed by atoms with Gasteiger partial charge in [-0.15, -0.1) is 12.4 Å². The van der Waals surface area contributed by atoms with Gasteiger partial charge in [0, 0.05) is 37.1 Å². The number of hydrogen-bond acceptors (Lipinski definition) is 5. The lowest BCUT2D eigenvalue weighted by Gasteiger charge is -2.22. The molecule has 0 radical (unpaired) electrons. The smallest absolute Gasteiger partial charge is 0.238 e. The summed E-state index contributed by atoms with van der Waals surface area (Å²) in [5.41, 5.74) is 0.957. The number of primary sulfonamides is 1. The van der Waals surface area contributed by atoms with Crippen LogP contribution in [0.1, 0.15) is 12.0 Å². The number of carbonyl (C=O) groups is 1. The largest absolute Gasteiger partial charge is 0.356 e. The molecule has 1 fully saturated rings. The predicted molar refractivity (Wildman–Crippen MR) is 95.5 cm³/mol. The van der Waals surface area contributed by atoms with Crippen LogP contribution in [0.3, 0.4) is 0 Å². The van der Waals surface area contributed by atoms with E-state index in [-0.39, 0.29) is 29.3 Å². The number of benzene rings is 1. The van der Waals surface area contributed by atoms with Crippen LogP contribution in [-0.2, 0) is 21.2 Å². The summed E-state index contributed by atoms with van der Waals surface area (Å²) in [6.45, 7) is 1.49. The first-order valence-corrected chi connectivity index (χ1v) is 9.85. The molecule has 0 aliphatic carbocycles. The minimum Gasteiger partial charge on any atom is -0.356 e. The van der Waals surface area contributed by atoms with Gasteiger partial charge in [0.25, 0.3) is 0 Å². The van der Waals surface area contributed by atoms with Crippen LogP contribution in [0.25, 0.3) is 0 Å². The minimum absolute atomic E-state index is 0. The first-order chi connectivity index (χ1) is 10.4. The maximum atomic E-state index is 11.8. The molecule has 1 aliphatic rings. The Morgan fingerprint density at radius 2 is 2.04 bits per heavy atom. The summed E-state index contributed by atoms with van der Waals surface area (Å²) in [5, 5.41) is 11.3. The average Bonchev–Trinajstić information content (AvgIpc) is 2.48. The van der Waals surface area contributed by atoms with E-state index < -0.39 is 10.0 Å². The van der Waals surface area contributed by atoms with Crippen LogP contribution in [0.15, 0.2) is 29.2 Å². The maximum absolute atomic E-state index is 11.8. The van der Waals surface area contributed by atoms with Crippen LogP contribution < -0.4 is 15.8 Å². The summed E-state index contributed by atoms with van der Waals surface area (Å²) in [5.74, 6) is 2.12. The Kier molecular flexibility index (Phi) is 8.35. The van der Waals surface area contributed by atoms with E-state index in [2.05, 4.69) is 10.6 Å². The third-order valence-electron chi connectivity index (χ3n) is 3.42. The van der Waals surface area contributed by atoms with Crippen LogP contribution in [-0.4, -0.2) is 45.0 Å². The molecule has 1 atom stereocenters. The predicted octanol–water partition coefficient (Wildman–Crippen LogP) is 0.510. The van der Waals surface area contributed by atoms with Crippen molar-refractivity contribution >= 4 is 40.1 Å². The highest BCUT2D eigenvalue weighted by Crippen LogP contribution is 2.10.